The molecule has 96 valence electrons. The molecule has 1 unspecified atom stereocenters. The summed E-state index contributed by atoms with van der Waals surface area (Å²) in [5.41, 5.74) is 0.367. The lowest BCUT2D eigenvalue weighted by Gasteiger charge is -2.22. The topological polar surface area (TPSA) is 50.9 Å². The number of aromatic nitrogens is 3. The molecule has 2 rings (SSSR count). The Hall–Kier alpha value is -1.39. The van der Waals surface area contributed by atoms with Gasteiger partial charge in [0.05, 0.1) is 12.1 Å². The van der Waals surface area contributed by atoms with E-state index in [-0.39, 0.29) is 0 Å². The van der Waals surface area contributed by atoms with E-state index in [9.17, 15) is 5.11 Å². The van der Waals surface area contributed by atoms with Crippen LogP contribution >= 0.6 is 11.6 Å². The number of halogens is 1. The summed E-state index contributed by atoms with van der Waals surface area (Å²) in [6.45, 7) is 2.26. The first-order chi connectivity index (χ1) is 8.55. The Morgan fingerprint density at radius 2 is 2.06 bits per heavy atom. The minimum absolute atomic E-state index is 0.445. The van der Waals surface area contributed by atoms with Crippen LogP contribution in [0.25, 0.3) is 0 Å². The zero-order valence-corrected chi connectivity index (χ0v) is 11.0. The van der Waals surface area contributed by atoms with E-state index in [2.05, 4.69) is 10.1 Å². The number of rotatable bonds is 5. The van der Waals surface area contributed by atoms with Gasteiger partial charge in [0.1, 0.15) is 12.7 Å². The molecule has 0 bridgehead atoms. The lowest BCUT2D eigenvalue weighted by molar-refractivity contribution is 0.0299. The van der Waals surface area contributed by atoms with Crippen molar-refractivity contribution in [2.75, 3.05) is 0 Å². The highest BCUT2D eigenvalue weighted by atomic mass is 35.5. The molecule has 0 fully saturated rings. The minimum atomic E-state index is -0.798. The number of aliphatic hydroxyl groups is 1. The van der Waals surface area contributed by atoms with Gasteiger partial charge in [0.2, 0.25) is 0 Å². The fraction of sp³-hybridized carbons (Fsp3) is 0.385. The second-order valence-corrected chi connectivity index (χ2v) is 5.15. The highest BCUT2D eigenvalue weighted by Crippen LogP contribution is 2.17. The average molecular weight is 266 g/mol. The fourth-order valence-corrected chi connectivity index (χ4v) is 1.93. The second kappa shape index (κ2) is 5.50. The summed E-state index contributed by atoms with van der Waals surface area (Å²) in [7, 11) is 0. The molecule has 0 amide bonds. The van der Waals surface area contributed by atoms with Crippen LogP contribution in [0.4, 0.5) is 0 Å². The third kappa shape index (κ3) is 3.82. The van der Waals surface area contributed by atoms with Crippen molar-refractivity contribution in [3.05, 3.63) is 47.5 Å². The van der Waals surface area contributed by atoms with E-state index >= 15 is 0 Å². The van der Waals surface area contributed by atoms with Crippen LogP contribution in [0.5, 0.6) is 0 Å². The van der Waals surface area contributed by atoms with E-state index < -0.39 is 5.60 Å². The number of aryl methyl sites for hydroxylation is 1. The number of hydrogen-bond acceptors (Lipinski definition) is 3. The lowest BCUT2D eigenvalue weighted by Crippen LogP contribution is -2.31. The number of hydrogen-bond donors (Lipinski definition) is 1. The molecule has 0 aliphatic heterocycles. The summed E-state index contributed by atoms with van der Waals surface area (Å²) in [6.07, 6.45) is 4.54. The van der Waals surface area contributed by atoms with Gasteiger partial charge in [-0.15, -0.1) is 0 Å². The smallest absolute Gasteiger partial charge is 0.137 e. The predicted molar refractivity (Wildman–Crippen MR) is 70.4 cm³/mol. The molecule has 0 aliphatic carbocycles. The Morgan fingerprint density at radius 3 is 2.67 bits per heavy atom. The Kier molecular flexibility index (Phi) is 3.99. The maximum absolute atomic E-state index is 10.3. The van der Waals surface area contributed by atoms with Crippen molar-refractivity contribution in [3.8, 4) is 0 Å². The van der Waals surface area contributed by atoms with Gasteiger partial charge in [-0.3, -0.25) is 4.68 Å². The molecule has 5 heteroatoms. The molecule has 0 spiro atoms. The molecule has 1 N–H and O–H groups in total. The van der Waals surface area contributed by atoms with Crippen molar-refractivity contribution in [2.45, 2.75) is 31.9 Å². The van der Waals surface area contributed by atoms with Crippen LogP contribution in [0.1, 0.15) is 18.9 Å². The lowest BCUT2D eigenvalue weighted by atomic mass is 9.97. The second-order valence-electron chi connectivity index (χ2n) is 4.72. The summed E-state index contributed by atoms with van der Waals surface area (Å²) in [6, 6.07) is 7.69. The first-order valence-corrected chi connectivity index (χ1v) is 6.22. The van der Waals surface area contributed by atoms with Crippen LogP contribution in [0, 0.1) is 0 Å². The van der Waals surface area contributed by atoms with Crippen LogP contribution in [0.2, 0.25) is 5.02 Å². The van der Waals surface area contributed by atoms with Crippen LogP contribution < -0.4 is 0 Å². The van der Waals surface area contributed by atoms with Crippen molar-refractivity contribution in [3.63, 3.8) is 0 Å². The molecule has 0 saturated carbocycles. The highest BCUT2D eigenvalue weighted by molar-refractivity contribution is 6.30. The van der Waals surface area contributed by atoms with Crippen molar-refractivity contribution >= 4 is 11.6 Å². The first kappa shape index (κ1) is 13.1. The molecule has 1 heterocycles. The van der Waals surface area contributed by atoms with Crippen LogP contribution in [-0.4, -0.2) is 25.5 Å². The summed E-state index contributed by atoms with van der Waals surface area (Å²) >= 11 is 5.83. The molecular weight excluding hydrogens is 250 g/mol. The van der Waals surface area contributed by atoms with Gasteiger partial charge >= 0.3 is 0 Å². The SMILES string of the molecule is CC(O)(CCc1ccc(Cl)cc1)Cn1cncn1. The van der Waals surface area contributed by atoms with Gasteiger partial charge < -0.3 is 5.11 Å². The standard InChI is InChI=1S/C13H16ClN3O/c1-13(18,8-17-10-15-9-16-17)7-6-11-2-4-12(14)5-3-11/h2-5,9-10,18H,6-8H2,1H3. The van der Waals surface area contributed by atoms with E-state index in [1.54, 1.807) is 11.0 Å². The van der Waals surface area contributed by atoms with Gasteiger partial charge in [-0.1, -0.05) is 23.7 Å². The molecule has 18 heavy (non-hydrogen) atoms. The normalized spacial score (nSPS) is 14.4. The number of benzene rings is 1. The van der Waals surface area contributed by atoms with Crippen molar-refractivity contribution in [2.24, 2.45) is 0 Å². The Bertz CT molecular complexity index is 479. The predicted octanol–water partition coefficient (Wildman–Crippen LogP) is 2.32. The zero-order valence-electron chi connectivity index (χ0n) is 10.3. The van der Waals surface area contributed by atoms with Gasteiger partial charge in [-0.25, -0.2) is 4.98 Å². The van der Waals surface area contributed by atoms with E-state index in [0.29, 0.717) is 13.0 Å². The molecule has 0 radical (unpaired) electrons. The van der Waals surface area contributed by atoms with Gasteiger partial charge in [0.15, 0.2) is 0 Å². The third-order valence-corrected chi connectivity index (χ3v) is 3.09. The molecule has 0 saturated heterocycles. The molecular formula is C13H16ClN3O. The summed E-state index contributed by atoms with van der Waals surface area (Å²) in [5.74, 6) is 0. The van der Waals surface area contributed by atoms with Gasteiger partial charge in [0, 0.05) is 5.02 Å². The van der Waals surface area contributed by atoms with Crippen LogP contribution in [-0.2, 0) is 13.0 Å². The molecule has 2 aromatic rings. The summed E-state index contributed by atoms with van der Waals surface area (Å²) in [5, 5.41) is 15.0. The fourth-order valence-electron chi connectivity index (χ4n) is 1.81. The summed E-state index contributed by atoms with van der Waals surface area (Å²) in [4.78, 5) is 3.86. The third-order valence-electron chi connectivity index (χ3n) is 2.83. The van der Waals surface area contributed by atoms with E-state index in [0.717, 1.165) is 11.4 Å². The monoisotopic (exact) mass is 265 g/mol. The Morgan fingerprint density at radius 1 is 1.33 bits per heavy atom. The molecule has 4 nitrogen and oxygen atoms in total. The van der Waals surface area contributed by atoms with E-state index in [1.165, 1.54) is 11.9 Å². The maximum atomic E-state index is 10.3. The van der Waals surface area contributed by atoms with Crippen molar-refractivity contribution < 1.29 is 5.11 Å². The van der Waals surface area contributed by atoms with Crippen molar-refractivity contribution in [1.29, 1.82) is 0 Å². The minimum Gasteiger partial charge on any atom is -0.388 e. The van der Waals surface area contributed by atoms with E-state index in [4.69, 9.17) is 11.6 Å². The largest absolute Gasteiger partial charge is 0.388 e. The van der Waals surface area contributed by atoms with Gasteiger partial charge in [-0.2, -0.15) is 5.10 Å². The first-order valence-electron chi connectivity index (χ1n) is 5.84. The van der Waals surface area contributed by atoms with Crippen LogP contribution in [0.15, 0.2) is 36.9 Å². The van der Waals surface area contributed by atoms with E-state index in [1.807, 2.05) is 31.2 Å². The van der Waals surface area contributed by atoms with Gasteiger partial charge in [0.25, 0.3) is 0 Å². The Labute approximate surface area is 111 Å². The molecule has 1 atom stereocenters. The maximum Gasteiger partial charge on any atom is 0.137 e. The zero-order chi connectivity index (χ0) is 13.0. The van der Waals surface area contributed by atoms with Crippen LogP contribution in [0.3, 0.4) is 0 Å². The molecule has 1 aromatic carbocycles. The molecule has 1 aromatic heterocycles. The van der Waals surface area contributed by atoms with Crippen molar-refractivity contribution in [1.82, 2.24) is 14.8 Å². The quantitative estimate of drug-likeness (QED) is 0.903. The average Bonchev–Trinajstić information content (AvgIpc) is 2.80. The highest BCUT2D eigenvalue weighted by Gasteiger charge is 2.21. The molecule has 0 aliphatic rings. The number of nitrogens with zero attached hydrogens (tertiary/aromatic N) is 3. The Balaban J connectivity index is 1.90. The summed E-state index contributed by atoms with van der Waals surface area (Å²) < 4.78 is 1.64. The van der Waals surface area contributed by atoms with Gasteiger partial charge in [-0.05, 0) is 37.5 Å².